The molecular formula is C6H10N4O3. The molecule has 13 heavy (non-hydrogen) atoms. The summed E-state index contributed by atoms with van der Waals surface area (Å²) < 4.78 is 4.83. The molecule has 1 aliphatic rings. The van der Waals surface area contributed by atoms with E-state index >= 15 is 0 Å². The lowest BCUT2D eigenvalue weighted by Gasteiger charge is -2.21. The summed E-state index contributed by atoms with van der Waals surface area (Å²) in [6, 6.07) is 0. The van der Waals surface area contributed by atoms with E-state index in [1.165, 1.54) is 7.11 Å². The van der Waals surface area contributed by atoms with Crippen LogP contribution >= 0.6 is 0 Å². The van der Waals surface area contributed by atoms with E-state index in [0.717, 1.165) is 5.28 Å². The van der Waals surface area contributed by atoms with Crippen molar-refractivity contribution < 1.29 is 14.4 Å². The zero-order valence-electron chi connectivity index (χ0n) is 7.27. The number of rotatable bonds is 1. The number of carbonyl (C=O) groups excluding carboxylic acids is 1. The number of primary amides is 1. The molecule has 3 N–H and O–H groups in total. The second-order valence-corrected chi connectivity index (χ2v) is 2.26. The van der Waals surface area contributed by atoms with E-state index in [9.17, 15) is 4.79 Å². The largest absolute Gasteiger partial charge is 0.480 e. The SMILES string of the molecule is COC1=NN(OC(N)=O)NC(C)=C1. The molecule has 0 radical (unpaired) electrons. The number of hydrazone groups is 1. The van der Waals surface area contributed by atoms with Crippen LogP contribution in [0, 0.1) is 0 Å². The smallest absolute Gasteiger partial charge is 0.431 e. The van der Waals surface area contributed by atoms with Gasteiger partial charge in [0.1, 0.15) is 0 Å². The minimum Gasteiger partial charge on any atom is -0.480 e. The first-order valence-electron chi connectivity index (χ1n) is 3.47. The Labute approximate surface area is 74.7 Å². The minimum absolute atomic E-state index is 0.317. The van der Waals surface area contributed by atoms with Gasteiger partial charge in [0.25, 0.3) is 0 Å². The van der Waals surface area contributed by atoms with Crippen molar-refractivity contribution in [2.45, 2.75) is 6.92 Å². The number of nitrogens with two attached hydrogens (primary N) is 1. The van der Waals surface area contributed by atoms with Crippen LogP contribution in [-0.4, -0.2) is 24.4 Å². The van der Waals surface area contributed by atoms with Gasteiger partial charge in [0, 0.05) is 11.8 Å². The third-order valence-electron chi connectivity index (χ3n) is 1.19. The molecule has 0 atom stereocenters. The molecule has 7 nitrogen and oxygen atoms in total. The summed E-state index contributed by atoms with van der Waals surface area (Å²) in [6.45, 7) is 1.76. The second kappa shape index (κ2) is 3.65. The average molecular weight is 186 g/mol. The van der Waals surface area contributed by atoms with Gasteiger partial charge < -0.3 is 10.5 Å². The van der Waals surface area contributed by atoms with Gasteiger partial charge in [0.05, 0.1) is 7.11 Å². The third-order valence-corrected chi connectivity index (χ3v) is 1.19. The lowest BCUT2D eigenvalue weighted by atomic mass is 10.4. The molecule has 1 heterocycles. The van der Waals surface area contributed by atoms with Crippen LogP contribution in [0.15, 0.2) is 16.9 Å². The van der Waals surface area contributed by atoms with Crippen molar-refractivity contribution in [3.8, 4) is 0 Å². The molecule has 0 aromatic carbocycles. The molecule has 1 rings (SSSR count). The molecule has 0 unspecified atom stereocenters. The van der Waals surface area contributed by atoms with Crippen LogP contribution in [-0.2, 0) is 9.57 Å². The van der Waals surface area contributed by atoms with Gasteiger partial charge in [0.2, 0.25) is 5.90 Å². The molecule has 72 valence electrons. The summed E-state index contributed by atoms with van der Waals surface area (Å²) in [4.78, 5) is 14.8. The first-order valence-corrected chi connectivity index (χ1v) is 3.47. The molecule has 7 heteroatoms. The van der Waals surface area contributed by atoms with E-state index < -0.39 is 6.09 Å². The Morgan fingerprint density at radius 3 is 3.00 bits per heavy atom. The van der Waals surface area contributed by atoms with Crippen LogP contribution in [0.5, 0.6) is 0 Å². The highest BCUT2D eigenvalue weighted by molar-refractivity contribution is 5.88. The number of hydrogen-bond acceptors (Lipinski definition) is 6. The number of nitrogens with zero attached hydrogens (tertiary/aromatic N) is 2. The minimum atomic E-state index is -0.957. The first kappa shape index (κ1) is 9.17. The Morgan fingerprint density at radius 1 is 1.77 bits per heavy atom. The van der Waals surface area contributed by atoms with E-state index in [0.29, 0.717) is 11.6 Å². The monoisotopic (exact) mass is 186 g/mol. The van der Waals surface area contributed by atoms with Crippen molar-refractivity contribution in [1.82, 2.24) is 10.7 Å². The lowest BCUT2D eigenvalue weighted by Crippen LogP contribution is -2.39. The highest BCUT2D eigenvalue weighted by Gasteiger charge is 2.13. The quantitative estimate of drug-likeness (QED) is 0.585. The summed E-state index contributed by atoms with van der Waals surface area (Å²) in [5.41, 5.74) is 8.11. The molecule has 0 aromatic heterocycles. The van der Waals surface area contributed by atoms with Gasteiger partial charge in [0.15, 0.2) is 0 Å². The number of hydrogen-bond donors (Lipinski definition) is 2. The molecule has 0 aliphatic carbocycles. The predicted octanol–water partition coefficient (Wildman–Crippen LogP) is -0.319. The fourth-order valence-electron chi connectivity index (χ4n) is 0.740. The predicted molar refractivity (Wildman–Crippen MR) is 43.8 cm³/mol. The highest BCUT2D eigenvalue weighted by atomic mass is 16.8. The van der Waals surface area contributed by atoms with Crippen molar-refractivity contribution in [3.05, 3.63) is 11.8 Å². The number of carbonyl (C=O) groups is 1. The van der Waals surface area contributed by atoms with E-state index in [2.05, 4.69) is 15.4 Å². The van der Waals surface area contributed by atoms with Crippen LogP contribution in [0.1, 0.15) is 6.92 Å². The number of methoxy groups -OCH3 is 1. The molecule has 0 saturated heterocycles. The number of amides is 1. The molecule has 1 amide bonds. The summed E-state index contributed by atoms with van der Waals surface area (Å²) in [5.74, 6) is 0.317. The standard InChI is InChI=1S/C6H10N4O3/c1-4-3-5(12-2)9-10(8-4)13-6(7)11/h3,8H,1-2H3,(H2,7,11). The summed E-state index contributed by atoms with van der Waals surface area (Å²) in [7, 11) is 1.45. The molecule has 0 aromatic rings. The fourth-order valence-corrected chi connectivity index (χ4v) is 0.740. The lowest BCUT2D eigenvalue weighted by molar-refractivity contribution is -0.131. The zero-order valence-corrected chi connectivity index (χ0v) is 7.27. The molecule has 1 aliphatic heterocycles. The van der Waals surface area contributed by atoms with Gasteiger partial charge >= 0.3 is 6.09 Å². The summed E-state index contributed by atoms with van der Waals surface area (Å²) >= 11 is 0. The molecule has 0 fully saturated rings. The van der Waals surface area contributed by atoms with E-state index in [1.54, 1.807) is 13.0 Å². The van der Waals surface area contributed by atoms with E-state index in [-0.39, 0.29) is 0 Å². The van der Waals surface area contributed by atoms with E-state index in [1.807, 2.05) is 0 Å². The third kappa shape index (κ3) is 2.55. The maximum atomic E-state index is 10.4. The number of nitrogens with one attached hydrogen (secondary N) is 1. The Hall–Kier alpha value is -1.92. The number of allylic oxidation sites excluding steroid dienone is 1. The van der Waals surface area contributed by atoms with Gasteiger partial charge in [-0.1, -0.05) is 5.10 Å². The zero-order chi connectivity index (χ0) is 9.84. The number of hydrazine groups is 1. The van der Waals surface area contributed by atoms with Crippen molar-refractivity contribution in [3.63, 3.8) is 0 Å². The van der Waals surface area contributed by atoms with Gasteiger partial charge in [-0.25, -0.2) is 4.79 Å². The maximum absolute atomic E-state index is 10.4. The Bertz CT molecular complexity index is 271. The van der Waals surface area contributed by atoms with Crippen LogP contribution in [0.2, 0.25) is 0 Å². The maximum Gasteiger partial charge on any atom is 0.431 e. The molecule has 0 saturated carbocycles. The average Bonchev–Trinajstić information content (AvgIpc) is 2.01. The Balaban J connectivity index is 2.66. The van der Waals surface area contributed by atoms with Crippen LogP contribution in [0.3, 0.4) is 0 Å². The fraction of sp³-hybridized carbons (Fsp3) is 0.333. The van der Waals surface area contributed by atoms with Gasteiger partial charge in [-0.05, 0) is 12.2 Å². The van der Waals surface area contributed by atoms with Crippen molar-refractivity contribution >= 4 is 12.0 Å². The molecule has 0 bridgehead atoms. The molecule has 0 spiro atoms. The van der Waals surface area contributed by atoms with Crippen LogP contribution < -0.4 is 11.2 Å². The first-order chi connectivity index (χ1) is 6.11. The summed E-state index contributed by atoms with van der Waals surface area (Å²) in [5, 5.41) is 4.54. The van der Waals surface area contributed by atoms with E-state index in [4.69, 9.17) is 10.5 Å². The topological polar surface area (TPSA) is 89.2 Å². The summed E-state index contributed by atoms with van der Waals surface area (Å²) in [6.07, 6.45) is 0.683. The van der Waals surface area contributed by atoms with Gasteiger partial charge in [-0.15, -0.1) is 0 Å². The Morgan fingerprint density at radius 2 is 2.46 bits per heavy atom. The molecular weight excluding hydrogens is 176 g/mol. The highest BCUT2D eigenvalue weighted by Crippen LogP contribution is 2.02. The number of ether oxygens (including phenoxy) is 1. The normalized spacial score (nSPS) is 15.4. The van der Waals surface area contributed by atoms with Gasteiger partial charge in [-0.2, -0.15) is 0 Å². The van der Waals surface area contributed by atoms with Crippen molar-refractivity contribution in [1.29, 1.82) is 0 Å². The van der Waals surface area contributed by atoms with Crippen molar-refractivity contribution in [2.24, 2.45) is 10.8 Å². The van der Waals surface area contributed by atoms with Gasteiger partial charge in [-0.3, -0.25) is 10.3 Å². The second-order valence-electron chi connectivity index (χ2n) is 2.26. The van der Waals surface area contributed by atoms with Crippen LogP contribution in [0.4, 0.5) is 4.79 Å². The van der Waals surface area contributed by atoms with Crippen LogP contribution in [0.25, 0.3) is 0 Å². The van der Waals surface area contributed by atoms with Crippen molar-refractivity contribution in [2.75, 3.05) is 7.11 Å². The Kier molecular flexibility index (Phi) is 2.58.